The van der Waals surface area contributed by atoms with Gasteiger partial charge in [0.2, 0.25) is 0 Å². The molecule has 0 aromatic carbocycles. The molecule has 3 fully saturated rings. The van der Waals surface area contributed by atoms with Crippen molar-refractivity contribution >= 4 is 29.0 Å². The molecule has 1 unspecified atom stereocenters. The number of carbonyl (C=O) groups is 2. The number of pyridine rings is 1. The van der Waals surface area contributed by atoms with Crippen molar-refractivity contribution in [1.29, 1.82) is 0 Å². The molecular formula is C26H32F3N5O3S. The first-order valence-electron chi connectivity index (χ1n) is 13.1. The Kier molecular flexibility index (Phi) is 7.14. The number of anilines is 1. The van der Waals surface area contributed by atoms with Crippen molar-refractivity contribution in [2.24, 2.45) is 5.92 Å². The molecule has 0 spiro atoms. The molecule has 3 N–H and O–H groups in total. The second kappa shape index (κ2) is 10.1. The summed E-state index contributed by atoms with van der Waals surface area (Å²) < 4.78 is 42.9. The Bertz CT molecular complexity index is 1230. The molecule has 3 heterocycles. The fourth-order valence-electron chi connectivity index (χ4n) is 5.09. The minimum absolute atomic E-state index is 0.00702. The lowest BCUT2D eigenvalue weighted by Gasteiger charge is -2.36. The highest BCUT2D eigenvalue weighted by atomic mass is 32.1. The maximum atomic E-state index is 14.3. The molecule has 12 heteroatoms. The van der Waals surface area contributed by atoms with Crippen LogP contribution in [0.2, 0.25) is 0 Å². The minimum Gasteiger partial charge on any atom is -0.388 e. The van der Waals surface area contributed by atoms with E-state index in [2.05, 4.69) is 20.6 Å². The van der Waals surface area contributed by atoms with Crippen LogP contribution in [0.4, 0.5) is 19.0 Å². The van der Waals surface area contributed by atoms with Crippen LogP contribution in [-0.2, 0) is 6.18 Å². The predicted octanol–water partition coefficient (Wildman–Crippen LogP) is 4.70. The number of nitrogens with zero attached hydrogens (tertiary/aromatic N) is 3. The summed E-state index contributed by atoms with van der Waals surface area (Å²) in [6.07, 6.45) is 2.00. The SMILES string of the molecule is CC(Nc1cc(C(F)(F)F)c(-c2sc(C(=O)NCC3(O)CCC3)nc2C(=O)N2CCC[C@@H]2C)cn1)C1CC1. The maximum absolute atomic E-state index is 14.3. The highest BCUT2D eigenvalue weighted by molar-refractivity contribution is 7.17. The molecule has 2 aromatic rings. The Balaban J connectivity index is 1.52. The van der Waals surface area contributed by atoms with Gasteiger partial charge in [-0.1, -0.05) is 0 Å². The molecule has 1 aliphatic heterocycles. The van der Waals surface area contributed by atoms with Gasteiger partial charge in [0, 0.05) is 36.9 Å². The fraction of sp³-hybridized carbons (Fsp3) is 0.615. The van der Waals surface area contributed by atoms with Crippen molar-refractivity contribution in [2.45, 2.75) is 82.7 Å². The van der Waals surface area contributed by atoms with Gasteiger partial charge < -0.3 is 20.6 Å². The zero-order valence-corrected chi connectivity index (χ0v) is 22.2. The highest BCUT2D eigenvalue weighted by Gasteiger charge is 2.39. The summed E-state index contributed by atoms with van der Waals surface area (Å²) in [7, 11) is 0. The predicted molar refractivity (Wildman–Crippen MR) is 137 cm³/mol. The topological polar surface area (TPSA) is 107 Å². The van der Waals surface area contributed by atoms with Gasteiger partial charge in [0.15, 0.2) is 5.01 Å². The minimum atomic E-state index is -4.72. The average molecular weight is 552 g/mol. The molecule has 0 radical (unpaired) electrons. The van der Waals surface area contributed by atoms with Gasteiger partial charge in [-0.05, 0) is 70.8 Å². The number of amides is 2. The number of halogens is 3. The quantitative estimate of drug-likeness (QED) is 0.439. The van der Waals surface area contributed by atoms with Crippen molar-refractivity contribution in [2.75, 3.05) is 18.4 Å². The van der Waals surface area contributed by atoms with E-state index in [0.29, 0.717) is 25.3 Å². The van der Waals surface area contributed by atoms with Gasteiger partial charge in [-0.3, -0.25) is 9.59 Å². The number of hydrogen-bond acceptors (Lipinski definition) is 7. The maximum Gasteiger partial charge on any atom is 0.417 e. The number of likely N-dealkylation sites (tertiary alicyclic amines) is 1. The molecule has 38 heavy (non-hydrogen) atoms. The molecular weight excluding hydrogens is 519 g/mol. The normalized spacial score (nSPS) is 21.6. The van der Waals surface area contributed by atoms with Crippen molar-refractivity contribution < 1.29 is 27.9 Å². The Morgan fingerprint density at radius 2 is 2.00 bits per heavy atom. The molecule has 5 rings (SSSR count). The fourth-order valence-corrected chi connectivity index (χ4v) is 6.09. The summed E-state index contributed by atoms with van der Waals surface area (Å²) in [4.78, 5) is 36.5. The Labute approximate surface area is 223 Å². The highest BCUT2D eigenvalue weighted by Crippen LogP contribution is 2.42. The van der Waals surface area contributed by atoms with Crippen LogP contribution < -0.4 is 10.6 Å². The standard InChI is InChI=1S/C26H32F3N5O3S/c1-14-5-3-10-34(14)24(36)20-21(38-23(33-20)22(35)31-13-25(37)8-4-9-25)17-12-30-19(11-18(17)26(27,28)29)32-15(2)16-6-7-16/h11-12,14-16,37H,3-10,13H2,1-2H3,(H,30,32)(H,31,35)/t14-,15?/m0/s1. The third-order valence-corrected chi connectivity index (χ3v) is 8.95. The number of rotatable bonds is 8. The lowest BCUT2D eigenvalue weighted by Crippen LogP contribution is -2.47. The smallest absolute Gasteiger partial charge is 0.388 e. The lowest BCUT2D eigenvalue weighted by molar-refractivity contribution is -0.137. The number of aromatic nitrogens is 2. The Hall–Kier alpha value is -2.73. The number of alkyl halides is 3. The van der Waals surface area contributed by atoms with E-state index in [0.717, 1.165) is 55.7 Å². The molecule has 1 saturated heterocycles. The Morgan fingerprint density at radius 1 is 1.26 bits per heavy atom. The summed E-state index contributed by atoms with van der Waals surface area (Å²) in [5, 5.41) is 15.9. The molecule has 2 aliphatic carbocycles. The zero-order valence-electron chi connectivity index (χ0n) is 21.4. The number of aliphatic hydroxyl groups is 1. The molecule has 3 aliphatic rings. The van der Waals surface area contributed by atoms with E-state index in [4.69, 9.17) is 0 Å². The van der Waals surface area contributed by atoms with Gasteiger partial charge in [0.25, 0.3) is 11.8 Å². The lowest BCUT2D eigenvalue weighted by atomic mass is 9.80. The molecule has 2 amide bonds. The van der Waals surface area contributed by atoms with E-state index in [1.54, 1.807) is 4.90 Å². The van der Waals surface area contributed by atoms with Crippen LogP contribution >= 0.6 is 11.3 Å². The summed E-state index contributed by atoms with van der Waals surface area (Å²) in [6.45, 7) is 4.29. The number of hydrogen-bond donors (Lipinski definition) is 3. The van der Waals surface area contributed by atoms with Crippen LogP contribution in [0.25, 0.3) is 10.4 Å². The molecule has 8 nitrogen and oxygen atoms in total. The summed E-state index contributed by atoms with van der Waals surface area (Å²) >= 11 is 0.737. The van der Waals surface area contributed by atoms with Crippen LogP contribution in [0, 0.1) is 5.92 Å². The summed E-state index contributed by atoms with van der Waals surface area (Å²) in [5.41, 5.74) is -2.39. The molecule has 2 aromatic heterocycles. The first-order chi connectivity index (χ1) is 17.9. The number of nitrogens with one attached hydrogen (secondary N) is 2. The molecule has 2 saturated carbocycles. The van der Waals surface area contributed by atoms with E-state index in [-0.39, 0.29) is 45.6 Å². The second-order valence-electron chi connectivity index (χ2n) is 10.8. The van der Waals surface area contributed by atoms with Gasteiger partial charge in [0.05, 0.1) is 16.0 Å². The molecule has 206 valence electrons. The van der Waals surface area contributed by atoms with Crippen LogP contribution in [0.15, 0.2) is 12.3 Å². The second-order valence-corrected chi connectivity index (χ2v) is 11.8. The van der Waals surface area contributed by atoms with E-state index in [1.165, 1.54) is 0 Å². The zero-order chi connectivity index (χ0) is 27.2. The van der Waals surface area contributed by atoms with Crippen molar-refractivity contribution in [3.63, 3.8) is 0 Å². The van der Waals surface area contributed by atoms with Crippen LogP contribution in [0.5, 0.6) is 0 Å². The number of carbonyl (C=O) groups excluding carboxylic acids is 2. The van der Waals surface area contributed by atoms with Crippen LogP contribution in [-0.4, -0.2) is 62.6 Å². The van der Waals surface area contributed by atoms with Crippen molar-refractivity contribution in [3.05, 3.63) is 28.5 Å². The van der Waals surface area contributed by atoms with Gasteiger partial charge in [0.1, 0.15) is 11.5 Å². The van der Waals surface area contributed by atoms with Crippen LogP contribution in [0.1, 0.15) is 84.6 Å². The third-order valence-electron chi connectivity index (χ3n) is 7.86. The monoisotopic (exact) mass is 551 g/mol. The van der Waals surface area contributed by atoms with Gasteiger partial charge >= 0.3 is 6.18 Å². The average Bonchev–Trinajstić information content (AvgIpc) is 3.47. The van der Waals surface area contributed by atoms with Gasteiger partial charge in [-0.2, -0.15) is 13.2 Å². The molecule has 2 atom stereocenters. The van der Waals surface area contributed by atoms with Gasteiger partial charge in [-0.15, -0.1) is 11.3 Å². The van der Waals surface area contributed by atoms with Gasteiger partial charge in [-0.25, -0.2) is 9.97 Å². The largest absolute Gasteiger partial charge is 0.417 e. The van der Waals surface area contributed by atoms with E-state index >= 15 is 0 Å². The van der Waals surface area contributed by atoms with Crippen LogP contribution in [0.3, 0.4) is 0 Å². The third kappa shape index (κ3) is 5.51. The van der Waals surface area contributed by atoms with E-state index in [9.17, 15) is 27.9 Å². The number of thiazole rings is 1. The first-order valence-corrected chi connectivity index (χ1v) is 13.9. The first kappa shape index (κ1) is 26.9. The van der Waals surface area contributed by atoms with Crippen molar-refractivity contribution in [1.82, 2.24) is 20.2 Å². The Morgan fingerprint density at radius 3 is 2.58 bits per heavy atom. The van der Waals surface area contributed by atoms with Crippen molar-refractivity contribution in [3.8, 4) is 10.4 Å². The van der Waals surface area contributed by atoms with E-state index < -0.39 is 29.2 Å². The van der Waals surface area contributed by atoms with E-state index in [1.807, 2.05) is 13.8 Å². The summed E-state index contributed by atoms with van der Waals surface area (Å²) in [5.74, 6) is -0.616. The molecule has 0 bridgehead atoms. The summed E-state index contributed by atoms with van der Waals surface area (Å²) in [6, 6.07) is 0.872.